The van der Waals surface area contributed by atoms with Crippen molar-refractivity contribution in [2.75, 3.05) is 13.7 Å². The Morgan fingerprint density at radius 1 is 1.00 bits per heavy atom. The summed E-state index contributed by atoms with van der Waals surface area (Å²) >= 11 is 0. The molecule has 4 rings (SSSR count). The average molecular weight is 402 g/mol. The highest BCUT2D eigenvalue weighted by Gasteiger charge is 2.19. The Kier molecular flexibility index (Phi) is 5.80. The van der Waals surface area contributed by atoms with Crippen LogP contribution in [0.4, 0.5) is 4.39 Å². The minimum Gasteiger partial charge on any atom is -0.497 e. The van der Waals surface area contributed by atoms with Gasteiger partial charge in [-0.05, 0) is 42.3 Å². The summed E-state index contributed by atoms with van der Waals surface area (Å²) in [5.41, 5.74) is 3.20. The Labute approximate surface area is 174 Å². The number of nitrogens with one attached hydrogen (secondary N) is 1. The number of hydrogen-bond acceptors (Lipinski definition) is 2. The lowest BCUT2D eigenvalue weighted by molar-refractivity contribution is 0.0743. The van der Waals surface area contributed by atoms with Crippen molar-refractivity contribution >= 4 is 16.8 Å². The van der Waals surface area contributed by atoms with Crippen LogP contribution >= 0.6 is 0 Å². The Balaban J connectivity index is 1.60. The Morgan fingerprint density at radius 2 is 1.80 bits per heavy atom. The molecule has 0 fully saturated rings. The number of carbonyl (C=O) groups excluding carboxylic acids is 1. The summed E-state index contributed by atoms with van der Waals surface area (Å²) in [6.07, 6.45) is 2.64. The molecular formula is C25H23FN2O2. The fourth-order valence-corrected chi connectivity index (χ4v) is 3.62. The molecule has 0 spiro atoms. The Bertz CT molecular complexity index is 1170. The van der Waals surface area contributed by atoms with Gasteiger partial charge in [0.05, 0.1) is 7.11 Å². The maximum Gasteiger partial charge on any atom is 0.254 e. The molecule has 0 saturated carbocycles. The summed E-state index contributed by atoms with van der Waals surface area (Å²) < 4.78 is 19.5. The summed E-state index contributed by atoms with van der Waals surface area (Å²) in [6.45, 7) is 0.664. The predicted octanol–water partition coefficient (Wildman–Crippen LogP) is 5.20. The van der Waals surface area contributed by atoms with E-state index in [1.54, 1.807) is 54.5 Å². The predicted molar refractivity (Wildman–Crippen MR) is 116 cm³/mol. The molecule has 4 nitrogen and oxygen atoms in total. The lowest BCUT2D eigenvalue weighted by Gasteiger charge is -2.23. The zero-order valence-corrected chi connectivity index (χ0v) is 16.8. The second kappa shape index (κ2) is 8.82. The fraction of sp³-hybridized carbons (Fsp3) is 0.160. The van der Waals surface area contributed by atoms with Crippen molar-refractivity contribution in [1.29, 1.82) is 0 Å². The average Bonchev–Trinajstić information content (AvgIpc) is 3.20. The van der Waals surface area contributed by atoms with Gasteiger partial charge in [-0.3, -0.25) is 4.79 Å². The zero-order chi connectivity index (χ0) is 20.9. The molecule has 1 N–H and O–H groups in total. The van der Waals surface area contributed by atoms with Crippen LogP contribution in [-0.2, 0) is 13.0 Å². The number of benzene rings is 3. The smallest absolute Gasteiger partial charge is 0.254 e. The van der Waals surface area contributed by atoms with Crippen molar-refractivity contribution in [3.63, 3.8) is 0 Å². The normalized spacial score (nSPS) is 10.9. The summed E-state index contributed by atoms with van der Waals surface area (Å²) in [4.78, 5) is 18.2. The third-order valence-corrected chi connectivity index (χ3v) is 5.25. The van der Waals surface area contributed by atoms with E-state index >= 15 is 0 Å². The minimum absolute atomic E-state index is 0.156. The van der Waals surface area contributed by atoms with Crippen LogP contribution in [0.1, 0.15) is 21.5 Å². The van der Waals surface area contributed by atoms with Crippen LogP contribution in [0.3, 0.4) is 0 Å². The number of halogens is 1. The molecule has 3 aromatic carbocycles. The molecule has 4 aromatic rings. The SMILES string of the molecule is COc1cccc(C(=O)N(CCc2c[nH]c3ccccc23)Cc2ccccc2F)c1. The number of methoxy groups -OCH3 is 1. The van der Waals surface area contributed by atoms with Crippen molar-refractivity contribution in [3.05, 3.63) is 102 Å². The zero-order valence-electron chi connectivity index (χ0n) is 16.8. The van der Waals surface area contributed by atoms with Gasteiger partial charge in [0.1, 0.15) is 11.6 Å². The van der Waals surface area contributed by atoms with E-state index in [0.717, 1.165) is 16.5 Å². The molecule has 5 heteroatoms. The molecule has 1 heterocycles. The topological polar surface area (TPSA) is 45.3 Å². The number of carbonyl (C=O) groups is 1. The molecular weight excluding hydrogens is 379 g/mol. The van der Waals surface area contributed by atoms with Crippen LogP contribution < -0.4 is 4.74 Å². The van der Waals surface area contributed by atoms with Crippen molar-refractivity contribution in [2.45, 2.75) is 13.0 Å². The number of ether oxygens (including phenoxy) is 1. The molecule has 0 aliphatic carbocycles. The van der Waals surface area contributed by atoms with Crippen molar-refractivity contribution < 1.29 is 13.9 Å². The van der Waals surface area contributed by atoms with E-state index in [1.165, 1.54) is 6.07 Å². The minimum atomic E-state index is -0.312. The molecule has 0 unspecified atom stereocenters. The molecule has 1 amide bonds. The standard InChI is InChI=1S/C25H23FN2O2/c1-30-21-9-6-8-18(15-21)25(29)28(17-20-7-2-4-11-23(20)26)14-13-19-16-27-24-12-5-3-10-22(19)24/h2-12,15-16,27H,13-14,17H2,1H3. The van der Waals surface area contributed by atoms with Gasteiger partial charge in [0.15, 0.2) is 0 Å². The number of rotatable bonds is 7. The molecule has 1 aromatic heterocycles. The number of H-pyrrole nitrogens is 1. The van der Waals surface area contributed by atoms with Gasteiger partial charge in [-0.25, -0.2) is 4.39 Å². The van der Waals surface area contributed by atoms with Crippen LogP contribution in [0.5, 0.6) is 5.75 Å². The van der Waals surface area contributed by atoms with E-state index in [-0.39, 0.29) is 18.3 Å². The van der Waals surface area contributed by atoms with Gasteiger partial charge in [0.2, 0.25) is 0 Å². The van der Waals surface area contributed by atoms with Crippen LogP contribution in [0.25, 0.3) is 10.9 Å². The summed E-state index contributed by atoms with van der Waals surface area (Å²) in [7, 11) is 1.57. The lowest BCUT2D eigenvalue weighted by atomic mass is 10.1. The van der Waals surface area contributed by atoms with Gasteiger partial charge >= 0.3 is 0 Å². The second-order valence-corrected chi connectivity index (χ2v) is 7.16. The number of fused-ring (bicyclic) bond motifs is 1. The summed E-state index contributed by atoms with van der Waals surface area (Å²) in [5, 5.41) is 1.14. The van der Waals surface area contributed by atoms with E-state index in [2.05, 4.69) is 11.1 Å². The van der Waals surface area contributed by atoms with E-state index in [9.17, 15) is 9.18 Å². The Morgan fingerprint density at radius 3 is 2.63 bits per heavy atom. The van der Waals surface area contributed by atoms with Crippen molar-refractivity contribution in [1.82, 2.24) is 9.88 Å². The van der Waals surface area contributed by atoms with E-state index in [4.69, 9.17) is 4.74 Å². The number of aromatic amines is 1. The largest absolute Gasteiger partial charge is 0.497 e. The molecule has 30 heavy (non-hydrogen) atoms. The van der Waals surface area contributed by atoms with Crippen molar-refractivity contribution in [2.24, 2.45) is 0 Å². The number of aromatic nitrogens is 1. The third kappa shape index (κ3) is 4.20. The quantitative estimate of drug-likeness (QED) is 0.462. The highest BCUT2D eigenvalue weighted by Crippen LogP contribution is 2.21. The highest BCUT2D eigenvalue weighted by atomic mass is 19.1. The molecule has 0 saturated heterocycles. The van der Waals surface area contributed by atoms with Gasteiger partial charge in [0, 0.05) is 41.3 Å². The van der Waals surface area contributed by atoms with Crippen LogP contribution in [0.15, 0.2) is 79.0 Å². The van der Waals surface area contributed by atoms with E-state index in [1.807, 2.05) is 24.4 Å². The highest BCUT2D eigenvalue weighted by molar-refractivity contribution is 5.94. The van der Waals surface area contributed by atoms with Gasteiger partial charge in [-0.2, -0.15) is 0 Å². The molecule has 0 aliphatic heterocycles. The number of hydrogen-bond donors (Lipinski definition) is 1. The fourth-order valence-electron chi connectivity index (χ4n) is 3.62. The third-order valence-electron chi connectivity index (χ3n) is 5.25. The van der Waals surface area contributed by atoms with Gasteiger partial charge < -0.3 is 14.6 Å². The van der Waals surface area contributed by atoms with Crippen LogP contribution in [0, 0.1) is 5.82 Å². The maximum atomic E-state index is 14.3. The molecule has 0 atom stereocenters. The Hall–Kier alpha value is -3.60. The molecule has 0 bridgehead atoms. The monoisotopic (exact) mass is 402 g/mol. The van der Waals surface area contributed by atoms with E-state index < -0.39 is 0 Å². The lowest BCUT2D eigenvalue weighted by Crippen LogP contribution is -2.32. The molecule has 0 aliphatic rings. The second-order valence-electron chi connectivity index (χ2n) is 7.16. The van der Waals surface area contributed by atoms with Gasteiger partial charge in [0.25, 0.3) is 5.91 Å². The number of amides is 1. The number of nitrogens with zero attached hydrogens (tertiary/aromatic N) is 1. The summed E-state index contributed by atoms with van der Waals surface area (Å²) in [5.74, 6) is 0.147. The maximum absolute atomic E-state index is 14.3. The summed E-state index contributed by atoms with van der Waals surface area (Å²) in [6, 6.07) is 21.7. The first-order valence-electron chi connectivity index (χ1n) is 9.87. The van der Waals surface area contributed by atoms with Crippen LogP contribution in [0.2, 0.25) is 0 Å². The van der Waals surface area contributed by atoms with Gasteiger partial charge in [-0.1, -0.05) is 42.5 Å². The first kappa shape index (κ1) is 19.7. The molecule has 0 radical (unpaired) electrons. The van der Waals surface area contributed by atoms with Gasteiger partial charge in [-0.15, -0.1) is 0 Å². The first-order chi connectivity index (χ1) is 14.7. The van der Waals surface area contributed by atoms with Crippen LogP contribution in [-0.4, -0.2) is 29.4 Å². The van der Waals surface area contributed by atoms with E-state index in [0.29, 0.717) is 29.8 Å². The first-order valence-corrected chi connectivity index (χ1v) is 9.87. The number of para-hydroxylation sites is 1. The van der Waals surface area contributed by atoms with Crippen molar-refractivity contribution in [3.8, 4) is 5.75 Å². The molecule has 152 valence electrons.